The zero-order valence-electron chi connectivity index (χ0n) is 11.8. The quantitative estimate of drug-likeness (QED) is 0.744. The summed E-state index contributed by atoms with van der Waals surface area (Å²) in [6, 6.07) is 6.93. The van der Waals surface area contributed by atoms with Gasteiger partial charge in [0.1, 0.15) is 5.75 Å². The zero-order chi connectivity index (χ0) is 14.7. The largest absolute Gasteiger partial charge is 0.451 e. The SMILES string of the molecule is CC[C@@H](C)c1ccc(Cl)c(Oc2ccc(C)nc2)c1F. The van der Waals surface area contributed by atoms with E-state index in [9.17, 15) is 4.39 Å². The first-order chi connectivity index (χ1) is 9.52. The van der Waals surface area contributed by atoms with Crippen LogP contribution in [0.3, 0.4) is 0 Å². The van der Waals surface area contributed by atoms with Crippen LogP contribution in [0.5, 0.6) is 11.5 Å². The molecule has 0 amide bonds. The third kappa shape index (κ3) is 3.10. The lowest BCUT2D eigenvalue weighted by Crippen LogP contribution is -1.99. The highest BCUT2D eigenvalue weighted by Crippen LogP contribution is 2.36. The first-order valence-electron chi connectivity index (χ1n) is 6.61. The third-order valence-corrected chi connectivity index (χ3v) is 3.62. The first kappa shape index (κ1) is 14.8. The van der Waals surface area contributed by atoms with Crippen molar-refractivity contribution in [2.24, 2.45) is 0 Å². The van der Waals surface area contributed by atoms with Gasteiger partial charge in [0.15, 0.2) is 11.6 Å². The summed E-state index contributed by atoms with van der Waals surface area (Å²) in [5, 5.41) is 0.259. The van der Waals surface area contributed by atoms with Crippen LogP contribution in [0.4, 0.5) is 4.39 Å². The van der Waals surface area contributed by atoms with Gasteiger partial charge in [-0.05, 0) is 43.0 Å². The lowest BCUT2D eigenvalue weighted by Gasteiger charge is -2.15. The molecule has 1 heterocycles. The van der Waals surface area contributed by atoms with Gasteiger partial charge in [-0.3, -0.25) is 4.98 Å². The van der Waals surface area contributed by atoms with Crippen molar-refractivity contribution in [1.29, 1.82) is 0 Å². The molecule has 0 spiro atoms. The van der Waals surface area contributed by atoms with Crippen LogP contribution in [0, 0.1) is 12.7 Å². The molecule has 2 nitrogen and oxygen atoms in total. The number of ether oxygens (including phenoxy) is 1. The number of pyridine rings is 1. The molecule has 0 unspecified atom stereocenters. The number of hydrogen-bond donors (Lipinski definition) is 0. The first-order valence-corrected chi connectivity index (χ1v) is 6.99. The molecule has 2 rings (SSSR count). The molecule has 1 aromatic carbocycles. The number of aromatic nitrogens is 1. The Morgan fingerprint density at radius 2 is 2.05 bits per heavy atom. The molecule has 0 radical (unpaired) electrons. The Balaban J connectivity index is 2.37. The average Bonchev–Trinajstić information content (AvgIpc) is 2.45. The number of aryl methyl sites for hydroxylation is 1. The van der Waals surface area contributed by atoms with Crippen molar-refractivity contribution in [3.63, 3.8) is 0 Å². The van der Waals surface area contributed by atoms with Crippen LogP contribution in [0.15, 0.2) is 30.5 Å². The standard InChI is InChI=1S/C16H17ClFNO/c1-4-10(2)13-7-8-14(17)16(15(13)18)20-12-6-5-11(3)19-9-12/h5-10H,4H2,1-3H3/t10-/m1/s1. The summed E-state index contributed by atoms with van der Waals surface area (Å²) in [4.78, 5) is 4.12. The lowest BCUT2D eigenvalue weighted by molar-refractivity contribution is 0.433. The van der Waals surface area contributed by atoms with Gasteiger partial charge in [-0.15, -0.1) is 0 Å². The second-order valence-corrected chi connectivity index (χ2v) is 5.23. The smallest absolute Gasteiger partial charge is 0.181 e. The Bertz CT molecular complexity index is 598. The molecular weight excluding hydrogens is 277 g/mol. The van der Waals surface area contributed by atoms with E-state index in [0.717, 1.165) is 12.1 Å². The van der Waals surface area contributed by atoms with E-state index in [1.165, 1.54) is 0 Å². The molecular formula is C16H17ClFNO. The van der Waals surface area contributed by atoms with E-state index < -0.39 is 5.82 Å². The maximum absolute atomic E-state index is 14.5. The van der Waals surface area contributed by atoms with Gasteiger partial charge >= 0.3 is 0 Å². The van der Waals surface area contributed by atoms with E-state index in [2.05, 4.69) is 4.98 Å². The van der Waals surface area contributed by atoms with Gasteiger partial charge in [0, 0.05) is 5.69 Å². The summed E-state index contributed by atoms with van der Waals surface area (Å²) in [5.74, 6) is 0.256. The van der Waals surface area contributed by atoms with Crippen molar-refractivity contribution in [2.75, 3.05) is 0 Å². The van der Waals surface area contributed by atoms with Crippen molar-refractivity contribution in [1.82, 2.24) is 4.98 Å². The minimum Gasteiger partial charge on any atom is -0.451 e. The van der Waals surface area contributed by atoms with Gasteiger partial charge in [-0.25, -0.2) is 4.39 Å². The van der Waals surface area contributed by atoms with E-state index in [0.29, 0.717) is 11.3 Å². The van der Waals surface area contributed by atoms with Crippen LogP contribution in [-0.4, -0.2) is 4.98 Å². The van der Waals surface area contributed by atoms with Gasteiger partial charge in [-0.2, -0.15) is 0 Å². The van der Waals surface area contributed by atoms with E-state index in [-0.39, 0.29) is 16.7 Å². The normalized spacial score (nSPS) is 12.2. The monoisotopic (exact) mass is 293 g/mol. The molecule has 1 atom stereocenters. The number of rotatable bonds is 4. The molecule has 0 fully saturated rings. The fraction of sp³-hybridized carbons (Fsp3) is 0.312. The molecule has 0 aliphatic carbocycles. The number of nitrogens with zero attached hydrogens (tertiary/aromatic N) is 1. The Labute approximate surface area is 123 Å². The topological polar surface area (TPSA) is 22.1 Å². The van der Waals surface area contributed by atoms with Crippen molar-refractivity contribution in [2.45, 2.75) is 33.1 Å². The summed E-state index contributed by atoms with van der Waals surface area (Å²) in [7, 11) is 0. The van der Waals surface area contributed by atoms with E-state index >= 15 is 0 Å². The molecule has 0 saturated carbocycles. The molecule has 20 heavy (non-hydrogen) atoms. The number of halogens is 2. The predicted molar refractivity (Wildman–Crippen MR) is 79.2 cm³/mol. The van der Waals surface area contributed by atoms with Gasteiger partial charge in [0.05, 0.1) is 11.2 Å². The highest BCUT2D eigenvalue weighted by molar-refractivity contribution is 6.32. The summed E-state index contributed by atoms with van der Waals surface area (Å²) in [6.45, 7) is 5.87. The fourth-order valence-corrected chi connectivity index (χ4v) is 2.06. The number of hydrogen-bond acceptors (Lipinski definition) is 2. The summed E-state index contributed by atoms with van der Waals surface area (Å²) in [6.07, 6.45) is 2.41. The van der Waals surface area contributed by atoms with E-state index in [1.54, 1.807) is 30.5 Å². The van der Waals surface area contributed by atoms with E-state index in [1.807, 2.05) is 20.8 Å². The van der Waals surface area contributed by atoms with Crippen LogP contribution < -0.4 is 4.74 Å². The van der Waals surface area contributed by atoms with Gasteiger partial charge in [0.25, 0.3) is 0 Å². The molecule has 2 aromatic rings. The maximum Gasteiger partial charge on any atom is 0.181 e. The highest BCUT2D eigenvalue weighted by atomic mass is 35.5. The Morgan fingerprint density at radius 1 is 1.30 bits per heavy atom. The number of benzene rings is 1. The van der Waals surface area contributed by atoms with Crippen LogP contribution in [-0.2, 0) is 0 Å². The summed E-state index contributed by atoms with van der Waals surface area (Å²) < 4.78 is 20.1. The fourth-order valence-electron chi connectivity index (χ4n) is 1.87. The third-order valence-electron chi connectivity index (χ3n) is 3.33. The molecule has 0 saturated heterocycles. The molecule has 0 aliphatic rings. The van der Waals surface area contributed by atoms with Gasteiger partial charge in [0.2, 0.25) is 0 Å². The van der Waals surface area contributed by atoms with Crippen LogP contribution in [0.1, 0.15) is 37.4 Å². The van der Waals surface area contributed by atoms with Crippen LogP contribution >= 0.6 is 11.6 Å². The molecule has 0 N–H and O–H groups in total. The van der Waals surface area contributed by atoms with Crippen LogP contribution in [0.25, 0.3) is 0 Å². The maximum atomic E-state index is 14.5. The van der Waals surface area contributed by atoms with Gasteiger partial charge < -0.3 is 4.74 Å². The summed E-state index contributed by atoms with van der Waals surface area (Å²) in [5.41, 5.74) is 1.49. The highest BCUT2D eigenvalue weighted by Gasteiger charge is 2.18. The predicted octanol–water partition coefficient (Wildman–Crippen LogP) is 5.49. The molecule has 1 aromatic heterocycles. The Hall–Kier alpha value is -1.61. The minimum atomic E-state index is -0.396. The van der Waals surface area contributed by atoms with Crippen molar-refractivity contribution < 1.29 is 9.13 Å². The second kappa shape index (κ2) is 6.23. The molecule has 0 aliphatic heterocycles. The van der Waals surface area contributed by atoms with E-state index in [4.69, 9.17) is 16.3 Å². The van der Waals surface area contributed by atoms with Crippen molar-refractivity contribution in [3.8, 4) is 11.5 Å². The zero-order valence-corrected chi connectivity index (χ0v) is 12.5. The van der Waals surface area contributed by atoms with Crippen molar-refractivity contribution in [3.05, 3.63) is 52.6 Å². The Morgan fingerprint density at radius 3 is 2.65 bits per heavy atom. The molecule has 4 heteroatoms. The molecule has 106 valence electrons. The summed E-state index contributed by atoms with van der Waals surface area (Å²) >= 11 is 6.05. The Kier molecular flexibility index (Phi) is 4.61. The van der Waals surface area contributed by atoms with Crippen molar-refractivity contribution >= 4 is 11.6 Å². The van der Waals surface area contributed by atoms with Crippen LogP contribution in [0.2, 0.25) is 5.02 Å². The minimum absolute atomic E-state index is 0.0649. The lowest BCUT2D eigenvalue weighted by atomic mass is 9.98. The molecule has 0 bridgehead atoms. The second-order valence-electron chi connectivity index (χ2n) is 4.83. The average molecular weight is 294 g/mol. The van der Waals surface area contributed by atoms with Gasteiger partial charge in [-0.1, -0.05) is 31.5 Å².